The van der Waals surface area contributed by atoms with Crippen LogP contribution in [0.3, 0.4) is 0 Å². The summed E-state index contributed by atoms with van der Waals surface area (Å²) in [6.07, 6.45) is 3.01. The van der Waals surface area contributed by atoms with Crippen molar-refractivity contribution in [3.63, 3.8) is 0 Å². The van der Waals surface area contributed by atoms with Crippen LogP contribution >= 0.6 is 11.6 Å². The van der Waals surface area contributed by atoms with Crippen LogP contribution < -0.4 is 10.6 Å². The van der Waals surface area contributed by atoms with Gasteiger partial charge >= 0.3 is 0 Å². The molecule has 1 aliphatic heterocycles. The molecule has 0 aliphatic carbocycles. The number of hydrogen-bond donors (Lipinski definition) is 2. The molecule has 3 rings (SSSR count). The van der Waals surface area contributed by atoms with Crippen LogP contribution in [0.5, 0.6) is 0 Å². The van der Waals surface area contributed by atoms with Crippen LogP contribution in [-0.2, 0) is 11.3 Å². The van der Waals surface area contributed by atoms with E-state index in [-0.39, 0.29) is 18.0 Å². The SMILES string of the molecule is CCNC(=O)[C@@H]1C[C@H](NC/C(C)=C/c2ccccc2)CN1Cc1cccc(Cl)c1. The number of nitrogens with one attached hydrogen (secondary N) is 2. The number of nitrogens with zero attached hydrogens (tertiary/aromatic N) is 1. The van der Waals surface area contributed by atoms with Gasteiger partial charge in [0, 0.05) is 37.2 Å². The normalized spacial score (nSPS) is 20.0. The van der Waals surface area contributed by atoms with Crippen LogP contribution in [-0.4, -0.2) is 42.5 Å². The highest BCUT2D eigenvalue weighted by atomic mass is 35.5. The highest BCUT2D eigenvalue weighted by Gasteiger charge is 2.36. The zero-order valence-corrected chi connectivity index (χ0v) is 18.0. The van der Waals surface area contributed by atoms with Crippen molar-refractivity contribution in [1.29, 1.82) is 0 Å². The Morgan fingerprint density at radius 2 is 2.00 bits per heavy atom. The average molecular weight is 412 g/mol. The highest BCUT2D eigenvalue weighted by Crippen LogP contribution is 2.22. The maximum atomic E-state index is 12.6. The first-order valence-electron chi connectivity index (χ1n) is 10.3. The van der Waals surface area contributed by atoms with Gasteiger partial charge in [-0.25, -0.2) is 0 Å². The smallest absolute Gasteiger partial charge is 0.237 e. The van der Waals surface area contributed by atoms with Crippen molar-refractivity contribution in [3.8, 4) is 0 Å². The molecule has 29 heavy (non-hydrogen) atoms. The lowest BCUT2D eigenvalue weighted by Gasteiger charge is -2.23. The minimum Gasteiger partial charge on any atom is -0.355 e. The van der Waals surface area contributed by atoms with Crippen LogP contribution in [0, 0.1) is 0 Å². The molecule has 154 valence electrons. The van der Waals surface area contributed by atoms with E-state index in [1.807, 2.05) is 43.3 Å². The average Bonchev–Trinajstić information content (AvgIpc) is 3.10. The van der Waals surface area contributed by atoms with Crippen LogP contribution in [0.2, 0.25) is 5.02 Å². The van der Waals surface area contributed by atoms with E-state index in [4.69, 9.17) is 11.6 Å². The van der Waals surface area contributed by atoms with Gasteiger partial charge in [-0.2, -0.15) is 0 Å². The van der Waals surface area contributed by atoms with Gasteiger partial charge in [0.25, 0.3) is 0 Å². The fraction of sp³-hybridized carbons (Fsp3) is 0.375. The van der Waals surface area contributed by atoms with Crippen molar-refractivity contribution >= 4 is 23.6 Å². The number of benzene rings is 2. The summed E-state index contributed by atoms with van der Waals surface area (Å²) in [7, 11) is 0. The van der Waals surface area contributed by atoms with E-state index in [1.54, 1.807) is 0 Å². The van der Waals surface area contributed by atoms with E-state index >= 15 is 0 Å². The molecule has 2 aromatic carbocycles. The third kappa shape index (κ3) is 6.43. The molecule has 2 atom stereocenters. The van der Waals surface area contributed by atoms with E-state index in [0.29, 0.717) is 6.54 Å². The molecule has 2 aromatic rings. The Hall–Kier alpha value is -2.14. The number of carbonyl (C=O) groups excluding carboxylic acids is 1. The van der Waals surface area contributed by atoms with Gasteiger partial charge < -0.3 is 10.6 Å². The fourth-order valence-corrected chi connectivity index (χ4v) is 4.06. The lowest BCUT2D eigenvalue weighted by molar-refractivity contribution is -0.125. The fourth-order valence-electron chi connectivity index (χ4n) is 3.85. The summed E-state index contributed by atoms with van der Waals surface area (Å²) in [5, 5.41) is 7.36. The molecule has 1 heterocycles. The topological polar surface area (TPSA) is 44.4 Å². The molecule has 0 aromatic heterocycles. The Bertz CT molecular complexity index is 837. The third-order valence-corrected chi connectivity index (χ3v) is 5.45. The van der Waals surface area contributed by atoms with Crippen LogP contribution in [0.4, 0.5) is 0 Å². The van der Waals surface area contributed by atoms with E-state index < -0.39 is 0 Å². The quantitative estimate of drug-likeness (QED) is 0.687. The van der Waals surface area contributed by atoms with Crippen molar-refractivity contribution in [2.45, 2.75) is 38.9 Å². The first-order chi connectivity index (χ1) is 14.0. The van der Waals surface area contributed by atoms with Gasteiger partial charge in [0.15, 0.2) is 0 Å². The van der Waals surface area contributed by atoms with Gasteiger partial charge in [-0.3, -0.25) is 9.69 Å². The number of hydrogen-bond acceptors (Lipinski definition) is 3. The maximum Gasteiger partial charge on any atom is 0.237 e. The van der Waals surface area contributed by atoms with E-state index in [0.717, 1.165) is 36.6 Å². The third-order valence-electron chi connectivity index (χ3n) is 5.21. The molecule has 0 spiro atoms. The number of likely N-dealkylation sites (tertiary alicyclic amines) is 1. The van der Waals surface area contributed by atoms with E-state index in [1.165, 1.54) is 11.1 Å². The Labute approximate surface area is 178 Å². The Morgan fingerprint density at radius 3 is 2.72 bits per heavy atom. The first kappa shape index (κ1) is 21.6. The second kappa shape index (κ2) is 10.6. The van der Waals surface area contributed by atoms with Crippen LogP contribution in [0.15, 0.2) is 60.2 Å². The summed E-state index contributed by atoms with van der Waals surface area (Å²) in [4.78, 5) is 14.9. The molecule has 1 saturated heterocycles. The monoisotopic (exact) mass is 411 g/mol. The molecule has 0 bridgehead atoms. The molecule has 0 saturated carbocycles. The summed E-state index contributed by atoms with van der Waals surface area (Å²) >= 11 is 6.14. The van der Waals surface area contributed by atoms with Crippen molar-refractivity contribution in [3.05, 3.63) is 76.3 Å². The second-order valence-electron chi connectivity index (χ2n) is 7.68. The number of rotatable bonds is 8. The van der Waals surface area contributed by atoms with Crippen LogP contribution in [0.25, 0.3) is 6.08 Å². The predicted octanol–water partition coefficient (Wildman–Crippen LogP) is 4.11. The minimum atomic E-state index is -0.121. The Morgan fingerprint density at radius 1 is 1.21 bits per heavy atom. The Balaban J connectivity index is 1.62. The van der Waals surface area contributed by atoms with E-state index in [9.17, 15) is 4.79 Å². The number of likely N-dealkylation sites (N-methyl/N-ethyl adjacent to an activating group) is 1. The largest absolute Gasteiger partial charge is 0.355 e. The lowest BCUT2D eigenvalue weighted by atomic mass is 10.1. The summed E-state index contributed by atoms with van der Waals surface area (Å²) in [5.74, 6) is 0.107. The van der Waals surface area contributed by atoms with Crippen LogP contribution in [0.1, 0.15) is 31.4 Å². The number of amides is 1. The molecule has 1 fully saturated rings. The van der Waals surface area contributed by atoms with Gasteiger partial charge in [-0.05, 0) is 43.5 Å². The molecule has 4 nitrogen and oxygen atoms in total. The van der Waals surface area contributed by atoms with Gasteiger partial charge in [-0.15, -0.1) is 0 Å². The van der Waals surface area contributed by atoms with Gasteiger partial charge in [0.2, 0.25) is 5.91 Å². The molecule has 2 N–H and O–H groups in total. The van der Waals surface area contributed by atoms with Crippen molar-refractivity contribution < 1.29 is 4.79 Å². The molecule has 5 heteroatoms. The van der Waals surface area contributed by atoms with Crippen molar-refractivity contribution in [1.82, 2.24) is 15.5 Å². The van der Waals surface area contributed by atoms with E-state index in [2.05, 4.69) is 46.7 Å². The molecular weight excluding hydrogens is 382 g/mol. The maximum absolute atomic E-state index is 12.6. The number of halogens is 1. The highest BCUT2D eigenvalue weighted by molar-refractivity contribution is 6.30. The summed E-state index contributed by atoms with van der Waals surface area (Å²) in [6.45, 7) is 7.12. The second-order valence-corrected chi connectivity index (χ2v) is 8.12. The summed E-state index contributed by atoms with van der Waals surface area (Å²) in [6, 6.07) is 18.4. The molecule has 1 aliphatic rings. The van der Waals surface area contributed by atoms with Crippen molar-refractivity contribution in [2.75, 3.05) is 19.6 Å². The van der Waals surface area contributed by atoms with Gasteiger partial charge in [-0.1, -0.05) is 65.7 Å². The van der Waals surface area contributed by atoms with Gasteiger partial charge in [0.05, 0.1) is 6.04 Å². The molecule has 0 unspecified atom stereocenters. The molecule has 1 amide bonds. The Kier molecular flexibility index (Phi) is 7.87. The molecular formula is C24H30ClN3O. The van der Waals surface area contributed by atoms with Crippen molar-refractivity contribution in [2.24, 2.45) is 0 Å². The minimum absolute atomic E-state index is 0.107. The zero-order valence-electron chi connectivity index (χ0n) is 17.2. The standard InChI is InChI=1S/C24H30ClN3O/c1-3-26-24(29)23-14-22(17-28(23)16-20-10-7-11-21(25)13-20)27-15-18(2)12-19-8-5-4-6-9-19/h4-13,22-23,27H,3,14-17H2,1-2H3,(H,26,29)/b18-12+/t22-,23-/m0/s1. The predicted molar refractivity (Wildman–Crippen MR) is 121 cm³/mol. The molecule has 0 radical (unpaired) electrons. The first-order valence-corrected chi connectivity index (χ1v) is 10.6. The number of carbonyl (C=O) groups is 1. The summed E-state index contributed by atoms with van der Waals surface area (Å²) < 4.78 is 0. The summed E-state index contributed by atoms with van der Waals surface area (Å²) in [5.41, 5.74) is 3.62. The lowest BCUT2D eigenvalue weighted by Crippen LogP contribution is -2.42. The van der Waals surface area contributed by atoms with Gasteiger partial charge in [0.1, 0.15) is 0 Å². The zero-order chi connectivity index (χ0) is 20.6.